The maximum Gasteiger partial charge on any atom is 0.144 e. The molecule has 1 saturated heterocycles. The molecule has 6 heavy (non-hydrogen) atoms. The zero-order valence-electron chi connectivity index (χ0n) is 3.90. The van der Waals surface area contributed by atoms with E-state index in [2.05, 4.69) is 7.85 Å². The highest BCUT2D eigenvalue weighted by Gasteiger charge is 2.06. The summed E-state index contributed by atoms with van der Waals surface area (Å²) in [5.41, 5.74) is 0. The van der Waals surface area contributed by atoms with Gasteiger partial charge in [0.2, 0.25) is 0 Å². The van der Waals surface area contributed by atoms with Crippen LogP contribution in [0.5, 0.6) is 0 Å². The van der Waals surface area contributed by atoms with Gasteiger partial charge in [0.1, 0.15) is 7.85 Å². The third kappa shape index (κ3) is 0.957. The smallest absolute Gasteiger partial charge is 0.144 e. The fraction of sp³-hybridized carbons (Fsp3) is 1.00. The molecule has 0 N–H and O–H groups in total. The van der Waals surface area contributed by atoms with Gasteiger partial charge < -0.3 is 4.74 Å². The lowest BCUT2D eigenvalue weighted by molar-refractivity contribution is 0.191. The Morgan fingerprint density at radius 3 is 2.83 bits per heavy atom. The first kappa shape index (κ1) is 4.61. The molecule has 1 fully saturated rings. The first-order valence-electron chi connectivity index (χ1n) is 2.24. The summed E-state index contributed by atoms with van der Waals surface area (Å²) in [6, 6.07) is 0. The monoisotopic (exact) mass is 102 g/mol. The standard InChI is InChI=1S/C3H8BOP/c4-3-5-1-2-6-3/h3,6H,1-2,4H2. The zero-order chi connectivity index (χ0) is 4.41. The molecule has 1 aliphatic rings. The van der Waals surface area contributed by atoms with Crippen LogP contribution >= 0.6 is 8.58 Å². The predicted molar refractivity (Wildman–Crippen MR) is 31.5 cm³/mol. The second kappa shape index (κ2) is 1.95. The van der Waals surface area contributed by atoms with Gasteiger partial charge in [0, 0.05) is 5.74 Å². The highest BCUT2D eigenvalue weighted by Crippen LogP contribution is 2.22. The van der Waals surface area contributed by atoms with Crippen molar-refractivity contribution in [2.45, 2.75) is 5.74 Å². The highest BCUT2D eigenvalue weighted by molar-refractivity contribution is 7.41. The number of hydrogen-bond acceptors (Lipinski definition) is 1. The van der Waals surface area contributed by atoms with Gasteiger partial charge in [-0.15, -0.1) is 0 Å². The molecule has 0 aromatic heterocycles. The third-order valence-electron chi connectivity index (χ3n) is 0.902. The molecule has 0 aromatic rings. The van der Waals surface area contributed by atoms with Gasteiger partial charge in [-0.25, -0.2) is 0 Å². The topological polar surface area (TPSA) is 9.23 Å². The molecule has 34 valence electrons. The number of hydrogen-bond donors (Lipinski definition) is 0. The quantitative estimate of drug-likeness (QED) is 0.299. The second-order valence-electron chi connectivity index (χ2n) is 1.47. The molecule has 2 atom stereocenters. The van der Waals surface area contributed by atoms with Gasteiger partial charge in [0.25, 0.3) is 0 Å². The molecular formula is C3H8BOP. The summed E-state index contributed by atoms with van der Waals surface area (Å²) >= 11 is 0. The molecule has 1 aliphatic heterocycles. The van der Waals surface area contributed by atoms with Crippen molar-refractivity contribution in [3.05, 3.63) is 0 Å². The van der Waals surface area contributed by atoms with Crippen LogP contribution in [0.3, 0.4) is 0 Å². The van der Waals surface area contributed by atoms with E-state index in [1.165, 1.54) is 6.16 Å². The van der Waals surface area contributed by atoms with Crippen LogP contribution in [0.1, 0.15) is 0 Å². The lowest BCUT2D eigenvalue weighted by atomic mass is 10.2. The molecule has 0 aromatic carbocycles. The molecule has 0 amide bonds. The Morgan fingerprint density at radius 1 is 1.83 bits per heavy atom. The fourth-order valence-electron chi connectivity index (χ4n) is 0.557. The Bertz CT molecular complexity index is 44.1. The van der Waals surface area contributed by atoms with E-state index < -0.39 is 0 Å². The van der Waals surface area contributed by atoms with Crippen LogP contribution < -0.4 is 0 Å². The zero-order valence-corrected chi connectivity index (χ0v) is 4.90. The lowest BCUT2D eigenvalue weighted by Crippen LogP contribution is -1.96. The molecule has 2 unspecified atom stereocenters. The maximum absolute atomic E-state index is 5.17. The number of ether oxygens (including phenoxy) is 1. The molecule has 1 nitrogen and oxygen atoms in total. The summed E-state index contributed by atoms with van der Waals surface area (Å²) in [6.07, 6.45) is 1.29. The van der Waals surface area contributed by atoms with Crippen LogP contribution in [0.15, 0.2) is 0 Å². The largest absolute Gasteiger partial charge is 0.383 e. The maximum atomic E-state index is 5.17. The molecule has 1 heterocycles. The Labute approximate surface area is 40.6 Å². The van der Waals surface area contributed by atoms with E-state index in [9.17, 15) is 0 Å². The van der Waals surface area contributed by atoms with Gasteiger partial charge in [-0.3, -0.25) is 0 Å². The second-order valence-corrected chi connectivity index (χ2v) is 3.19. The van der Waals surface area contributed by atoms with E-state index in [4.69, 9.17) is 4.74 Å². The average Bonchev–Trinajstić information content (AvgIpc) is 1.86. The van der Waals surface area contributed by atoms with Crippen LogP contribution in [0.2, 0.25) is 0 Å². The van der Waals surface area contributed by atoms with Crippen molar-refractivity contribution in [2.75, 3.05) is 12.8 Å². The van der Waals surface area contributed by atoms with E-state index in [0.717, 1.165) is 15.2 Å². The summed E-state index contributed by atoms with van der Waals surface area (Å²) in [5.74, 6) is 0.574. The van der Waals surface area contributed by atoms with Crippen molar-refractivity contribution >= 4 is 16.4 Å². The molecular weight excluding hydrogens is 93.8 g/mol. The lowest BCUT2D eigenvalue weighted by Gasteiger charge is -1.94. The Morgan fingerprint density at radius 2 is 2.67 bits per heavy atom. The normalized spacial score (nSPS) is 38.3. The Hall–Kier alpha value is 0.455. The van der Waals surface area contributed by atoms with E-state index >= 15 is 0 Å². The molecule has 3 heteroatoms. The summed E-state index contributed by atoms with van der Waals surface area (Å²) in [6.45, 7) is 1.000. The van der Waals surface area contributed by atoms with Crippen molar-refractivity contribution < 1.29 is 4.74 Å². The van der Waals surface area contributed by atoms with Gasteiger partial charge in [-0.05, 0) is 6.16 Å². The van der Waals surface area contributed by atoms with Crippen molar-refractivity contribution in [2.24, 2.45) is 0 Å². The van der Waals surface area contributed by atoms with Crippen LogP contribution in [0.4, 0.5) is 0 Å². The van der Waals surface area contributed by atoms with E-state index in [1.54, 1.807) is 0 Å². The van der Waals surface area contributed by atoms with Gasteiger partial charge in [0.05, 0.1) is 6.61 Å². The molecule has 0 bridgehead atoms. The molecule has 0 spiro atoms. The van der Waals surface area contributed by atoms with Crippen LogP contribution in [-0.2, 0) is 4.74 Å². The predicted octanol–water partition coefficient (Wildman–Crippen LogP) is -0.388. The van der Waals surface area contributed by atoms with E-state index in [1.807, 2.05) is 0 Å². The van der Waals surface area contributed by atoms with E-state index in [0.29, 0.717) is 5.74 Å². The average molecular weight is 102 g/mol. The summed E-state index contributed by atoms with van der Waals surface area (Å²) in [4.78, 5) is 0. The van der Waals surface area contributed by atoms with Gasteiger partial charge >= 0.3 is 0 Å². The van der Waals surface area contributed by atoms with Gasteiger partial charge in [0.15, 0.2) is 0 Å². The minimum atomic E-state index is 0.574. The molecule has 0 radical (unpaired) electrons. The van der Waals surface area contributed by atoms with Gasteiger partial charge in [-0.1, -0.05) is 8.58 Å². The van der Waals surface area contributed by atoms with Crippen molar-refractivity contribution in [3.8, 4) is 0 Å². The van der Waals surface area contributed by atoms with Crippen LogP contribution in [-0.4, -0.2) is 26.4 Å². The van der Waals surface area contributed by atoms with Crippen molar-refractivity contribution in [3.63, 3.8) is 0 Å². The van der Waals surface area contributed by atoms with E-state index in [-0.39, 0.29) is 0 Å². The Kier molecular flexibility index (Phi) is 1.50. The van der Waals surface area contributed by atoms with Crippen molar-refractivity contribution in [1.29, 1.82) is 0 Å². The first-order valence-corrected chi connectivity index (χ1v) is 3.53. The minimum absolute atomic E-state index is 0.574. The highest BCUT2D eigenvalue weighted by atomic mass is 31.1. The Balaban J connectivity index is 2.18. The fourth-order valence-corrected chi connectivity index (χ4v) is 1.43. The van der Waals surface area contributed by atoms with Crippen LogP contribution in [0.25, 0.3) is 0 Å². The minimum Gasteiger partial charge on any atom is -0.383 e. The number of rotatable bonds is 0. The summed E-state index contributed by atoms with van der Waals surface area (Å²) < 4.78 is 5.17. The van der Waals surface area contributed by atoms with Crippen LogP contribution in [0, 0.1) is 0 Å². The molecule has 1 rings (SSSR count). The molecule has 0 saturated carbocycles. The first-order chi connectivity index (χ1) is 2.89. The third-order valence-corrected chi connectivity index (χ3v) is 2.14. The molecule has 0 aliphatic carbocycles. The summed E-state index contributed by atoms with van der Waals surface area (Å²) in [7, 11) is 3.19. The SMILES string of the molecule is BC1OCCP1. The summed E-state index contributed by atoms with van der Waals surface area (Å²) in [5, 5.41) is 0. The van der Waals surface area contributed by atoms with Gasteiger partial charge in [-0.2, -0.15) is 0 Å². The van der Waals surface area contributed by atoms with Crippen molar-refractivity contribution in [1.82, 2.24) is 0 Å².